The molecule has 0 bridgehead atoms. The van der Waals surface area contributed by atoms with Gasteiger partial charge in [0, 0.05) is 81.8 Å². The maximum Gasteiger partial charge on any atom is 0.338 e. The van der Waals surface area contributed by atoms with Crippen LogP contribution >= 0.6 is 0 Å². The van der Waals surface area contributed by atoms with Gasteiger partial charge in [0.1, 0.15) is 6.20 Å². The minimum Gasteiger partial charge on any atom is -0.465 e. The zero-order valence-electron chi connectivity index (χ0n) is 28.0. The number of aromatic nitrogens is 4. The number of carbonyl (C=O) groups excluding carboxylic acids is 2. The Morgan fingerprint density at radius 1 is 0.875 bits per heavy atom. The summed E-state index contributed by atoms with van der Waals surface area (Å²) in [6.07, 6.45) is 3.83. The third-order valence-corrected chi connectivity index (χ3v) is 8.02. The molecule has 260 valence electrons. The lowest BCUT2D eigenvalue weighted by Crippen LogP contribution is -2.44. The summed E-state index contributed by atoms with van der Waals surface area (Å²) in [5.74, 6) is 0.129. The van der Waals surface area contributed by atoms with Crippen LogP contribution in [0.2, 0.25) is 0 Å². The number of rotatable bonds is 4. The van der Waals surface area contributed by atoms with Crippen molar-refractivity contribution in [1.29, 1.82) is 0 Å². The molecule has 16 nitrogen and oxygen atoms in total. The number of benzene rings is 2. The van der Waals surface area contributed by atoms with Gasteiger partial charge in [0.15, 0.2) is 5.82 Å². The number of aromatic amines is 1. The number of H-pyrrole nitrogens is 1. The van der Waals surface area contributed by atoms with Gasteiger partial charge < -0.3 is 44.3 Å². The monoisotopic (exact) mass is 667 g/mol. The first kappa shape index (κ1) is 36.2. The van der Waals surface area contributed by atoms with E-state index in [1.54, 1.807) is 18.2 Å². The van der Waals surface area contributed by atoms with Crippen molar-refractivity contribution in [3.63, 3.8) is 0 Å². The van der Waals surface area contributed by atoms with Crippen molar-refractivity contribution in [3.8, 4) is 0 Å². The van der Waals surface area contributed by atoms with Crippen LogP contribution in [0.4, 0.5) is 5.82 Å². The SMILES string of the molecule is C1CCOC1.CN1CCNCC1.COC(=O)c1ccc2c(N3CCN(C)CC3)n[nH]c2c1.COC(=O)c1ccc2cn([N+](=O)[O-])nc2c1. The second-order valence-electron chi connectivity index (χ2n) is 11.5. The summed E-state index contributed by atoms with van der Waals surface area (Å²) < 4.78 is 14.2. The highest BCUT2D eigenvalue weighted by Crippen LogP contribution is 2.26. The van der Waals surface area contributed by atoms with Crippen molar-refractivity contribution in [2.75, 3.05) is 98.8 Å². The number of likely N-dealkylation sites (N-methyl/N-ethyl adjacent to an activating group) is 2. The molecule has 4 aromatic rings. The van der Waals surface area contributed by atoms with Gasteiger partial charge in [-0.2, -0.15) is 5.10 Å². The van der Waals surface area contributed by atoms with E-state index in [4.69, 9.17) is 9.47 Å². The molecule has 7 rings (SSSR count). The number of hydrogen-bond acceptors (Lipinski definition) is 13. The van der Waals surface area contributed by atoms with Crippen molar-refractivity contribution in [1.82, 2.24) is 35.2 Å². The van der Waals surface area contributed by atoms with Crippen LogP contribution in [-0.4, -0.2) is 141 Å². The minimum atomic E-state index is -0.655. The van der Waals surface area contributed by atoms with Gasteiger partial charge >= 0.3 is 11.9 Å². The molecule has 0 atom stereocenters. The normalized spacial score (nSPS) is 16.5. The number of piperazine rings is 2. The van der Waals surface area contributed by atoms with Crippen LogP contribution < -0.4 is 10.2 Å². The standard InChI is InChI=1S/C14H18N4O2.C9H7N3O4.C5H12N2.C4H8O/c1-17-5-7-18(8-6-17)13-11-4-3-10(14(19)20-2)9-12(11)15-16-13;1-16-9(13)6-2-3-7-5-11(12(14)15)10-8(7)4-6;1-7-4-2-6-3-5-7;1-2-4-5-3-1/h3-4,9H,5-8H2,1-2H3,(H,15,16);2-5H,1H3;6H,2-5H2,1H3;1-4H2. The molecule has 0 unspecified atom stereocenters. The highest BCUT2D eigenvalue weighted by molar-refractivity contribution is 5.97. The second-order valence-corrected chi connectivity index (χ2v) is 11.5. The molecule has 16 heteroatoms. The number of ether oxygens (including phenoxy) is 3. The van der Waals surface area contributed by atoms with Crippen molar-refractivity contribution in [3.05, 3.63) is 63.8 Å². The lowest BCUT2D eigenvalue weighted by molar-refractivity contribution is -0.552. The fourth-order valence-corrected chi connectivity index (χ4v) is 5.13. The van der Waals surface area contributed by atoms with Crippen LogP contribution in [0, 0.1) is 10.1 Å². The number of fused-ring (bicyclic) bond motifs is 2. The molecule has 0 aliphatic carbocycles. The van der Waals surface area contributed by atoms with Gasteiger partial charge in [0.2, 0.25) is 5.52 Å². The van der Waals surface area contributed by atoms with E-state index in [9.17, 15) is 19.7 Å². The van der Waals surface area contributed by atoms with Crippen molar-refractivity contribution in [2.45, 2.75) is 12.8 Å². The van der Waals surface area contributed by atoms with Gasteiger partial charge in [0.25, 0.3) is 0 Å². The Morgan fingerprint density at radius 3 is 2.02 bits per heavy atom. The molecule has 0 amide bonds. The van der Waals surface area contributed by atoms with Gasteiger partial charge in [-0.15, -0.1) is 0 Å². The molecule has 0 radical (unpaired) electrons. The Bertz CT molecular complexity index is 1630. The lowest BCUT2D eigenvalue weighted by Gasteiger charge is -2.32. The first-order valence-corrected chi connectivity index (χ1v) is 15.9. The molecule has 2 aromatic carbocycles. The summed E-state index contributed by atoms with van der Waals surface area (Å²) in [4.78, 5) is 40.7. The molecular formula is C32H45N9O7. The summed E-state index contributed by atoms with van der Waals surface area (Å²) >= 11 is 0. The van der Waals surface area contributed by atoms with E-state index in [1.165, 1.54) is 58.5 Å². The number of methoxy groups -OCH3 is 2. The first-order valence-electron chi connectivity index (χ1n) is 15.9. The number of hydrogen-bond donors (Lipinski definition) is 2. The highest BCUT2D eigenvalue weighted by atomic mass is 16.7. The number of esters is 2. The van der Waals surface area contributed by atoms with E-state index in [-0.39, 0.29) is 5.97 Å². The largest absolute Gasteiger partial charge is 0.465 e. The molecule has 0 saturated carbocycles. The molecule has 3 aliphatic heterocycles. The van der Waals surface area contributed by atoms with E-state index in [0.29, 0.717) is 26.8 Å². The average molecular weight is 668 g/mol. The van der Waals surface area contributed by atoms with Gasteiger partial charge in [-0.1, -0.05) is 0 Å². The Labute approximate surface area is 279 Å². The number of nitro groups is 1. The van der Waals surface area contributed by atoms with Crippen molar-refractivity contribution >= 4 is 39.6 Å². The molecule has 3 aliphatic rings. The van der Waals surface area contributed by atoms with Gasteiger partial charge in [0.05, 0.1) is 46.4 Å². The maximum atomic E-state index is 11.5. The quantitative estimate of drug-likeness (QED) is 0.185. The van der Waals surface area contributed by atoms with E-state index in [2.05, 4.69) is 54.1 Å². The molecule has 0 spiro atoms. The Morgan fingerprint density at radius 2 is 1.48 bits per heavy atom. The Hall–Kier alpha value is -4.64. The zero-order valence-corrected chi connectivity index (χ0v) is 28.0. The summed E-state index contributed by atoms with van der Waals surface area (Å²) in [6, 6.07) is 10.0. The summed E-state index contributed by atoms with van der Waals surface area (Å²) in [6.45, 7) is 10.8. The average Bonchev–Trinajstić information content (AvgIpc) is 3.91. The Balaban J connectivity index is 0.000000164. The Kier molecular flexibility index (Phi) is 13.6. The van der Waals surface area contributed by atoms with E-state index < -0.39 is 11.0 Å². The molecule has 3 fully saturated rings. The minimum absolute atomic E-state index is 0.309. The van der Waals surface area contributed by atoms with Gasteiger partial charge in [-0.25, -0.2) is 9.59 Å². The molecule has 2 N–H and O–H groups in total. The van der Waals surface area contributed by atoms with Crippen LogP contribution in [0.1, 0.15) is 33.6 Å². The first-order chi connectivity index (χ1) is 23.2. The van der Waals surface area contributed by atoms with Gasteiger partial charge in [-0.3, -0.25) is 5.10 Å². The lowest BCUT2D eigenvalue weighted by atomic mass is 10.1. The third kappa shape index (κ3) is 10.2. The van der Waals surface area contributed by atoms with Crippen molar-refractivity contribution in [2.24, 2.45) is 0 Å². The van der Waals surface area contributed by atoms with Crippen LogP contribution in [-0.2, 0) is 14.2 Å². The van der Waals surface area contributed by atoms with Crippen molar-refractivity contribution < 1.29 is 28.8 Å². The second kappa shape index (κ2) is 18.1. The van der Waals surface area contributed by atoms with Crippen LogP contribution in [0.15, 0.2) is 42.6 Å². The highest BCUT2D eigenvalue weighted by Gasteiger charge is 2.19. The summed E-state index contributed by atoms with van der Waals surface area (Å²) in [7, 11) is 6.93. The molecule has 48 heavy (non-hydrogen) atoms. The maximum absolute atomic E-state index is 11.5. The fourth-order valence-electron chi connectivity index (χ4n) is 5.13. The predicted octanol–water partition coefficient (Wildman–Crippen LogP) is 2.28. The number of carbonyl (C=O) groups is 2. The molecule has 5 heterocycles. The van der Waals surface area contributed by atoms with E-state index >= 15 is 0 Å². The van der Waals surface area contributed by atoms with E-state index in [1.807, 2.05) is 6.07 Å². The smallest absolute Gasteiger partial charge is 0.338 e. The zero-order chi connectivity index (χ0) is 34.5. The summed E-state index contributed by atoms with van der Waals surface area (Å²) in [5, 5.41) is 25.8. The fraction of sp³-hybridized carbons (Fsp3) is 0.500. The van der Waals surface area contributed by atoms with Crippen LogP contribution in [0.3, 0.4) is 0 Å². The van der Waals surface area contributed by atoms with E-state index in [0.717, 1.165) is 69.2 Å². The summed E-state index contributed by atoms with van der Waals surface area (Å²) in [5.41, 5.74) is 2.08. The third-order valence-electron chi connectivity index (χ3n) is 8.02. The van der Waals surface area contributed by atoms with Gasteiger partial charge in [-0.05, 0) is 57.3 Å². The number of nitrogens with zero attached hydrogens (tertiary/aromatic N) is 7. The molecule has 2 aromatic heterocycles. The van der Waals surface area contributed by atoms with Crippen LogP contribution in [0.25, 0.3) is 21.8 Å². The number of anilines is 1. The molecular weight excluding hydrogens is 622 g/mol. The molecule has 3 saturated heterocycles. The predicted molar refractivity (Wildman–Crippen MR) is 181 cm³/mol. The number of nitrogens with one attached hydrogen (secondary N) is 2. The topological polar surface area (TPSA) is 173 Å². The van der Waals surface area contributed by atoms with Crippen LogP contribution in [0.5, 0.6) is 0 Å².